The molecule has 1 fully saturated rings. The SMILES string of the molecule is COc1ccc(Cl)cc1N1CC(C(=O)N(C)CCCC(=O)O)CC1=O. The molecule has 2 amide bonds. The minimum absolute atomic E-state index is 0.00700. The van der Waals surface area contributed by atoms with Gasteiger partial charge in [0.05, 0.1) is 18.7 Å². The average molecular weight is 369 g/mol. The summed E-state index contributed by atoms with van der Waals surface area (Å²) in [6, 6.07) is 4.99. The molecule has 1 atom stereocenters. The number of amides is 2. The van der Waals surface area contributed by atoms with Crippen LogP contribution in [0.15, 0.2) is 18.2 Å². The van der Waals surface area contributed by atoms with E-state index >= 15 is 0 Å². The van der Waals surface area contributed by atoms with E-state index in [4.69, 9.17) is 21.4 Å². The Balaban J connectivity index is 2.05. The highest BCUT2D eigenvalue weighted by Crippen LogP contribution is 2.35. The van der Waals surface area contributed by atoms with Crippen molar-refractivity contribution in [2.75, 3.05) is 32.1 Å². The third kappa shape index (κ3) is 4.63. The molecule has 1 aliphatic heterocycles. The summed E-state index contributed by atoms with van der Waals surface area (Å²) in [6.07, 6.45) is 0.495. The minimum Gasteiger partial charge on any atom is -0.495 e. The van der Waals surface area contributed by atoms with Crippen molar-refractivity contribution in [3.63, 3.8) is 0 Å². The topological polar surface area (TPSA) is 87.2 Å². The summed E-state index contributed by atoms with van der Waals surface area (Å²) in [5.41, 5.74) is 0.545. The van der Waals surface area contributed by atoms with E-state index in [9.17, 15) is 14.4 Å². The number of hydrogen-bond donors (Lipinski definition) is 1. The summed E-state index contributed by atoms with van der Waals surface area (Å²) in [7, 11) is 3.13. The van der Waals surface area contributed by atoms with Gasteiger partial charge >= 0.3 is 5.97 Å². The maximum absolute atomic E-state index is 12.5. The second kappa shape index (κ2) is 8.20. The number of nitrogens with zero attached hydrogens (tertiary/aromatic N) is 2. The van der Waals surface area contributed by atoms with Crippen molar-refractivity contribution in [1.82, 2.24) is 4.90 Å². The number of halogens is 1. The van der Waals surface area contributed by atoms with E-state index in [2.05, 4.69) is 0 Å². The van der Waals surface area contributed by atoms with E-state index in [1.165, 1.54) is 16.9 Å². The van der Waals surface area contributed by atoms with Crippen LogP contribution in [0, 0.1) is 5.92 Å². The zero-order valence-electron chi connectivity index (χ0n) is 14.2. The highest BCUT2D eigenvalue weighted by Gasteiger charge is 2.37. The van der Waals surface area contributed by atoms with Gasteiger partial charge in [0.25, 0.3) is 0 Å². The van der Waals surface area contributed by atoms with Crippen molar-refractivity contribution in [2.45, 2.75) is 19.3 Å². The Hall–Kier alpha value is -2.28. The van der Waals surface area contributed by atoms with Crippen LogP contribution in [0.2, 0.25) is 5.02 Å². The first-order valence-electron chi connectivity index (χ1n) is 7.94. The largest absolute Gasteiger partial charge is 0.495 e. The Morgan fingerprint density at radius 2 is 2.16 bits per heavy atom. The lowest BCUT2D eigenvalue weighted by Crippen LogP contribution is -2.35. The Kier molecular flexibility index (Phi) is 6.25. The Morgan fingerprint density at radius 1 is 1.44 bits per heavy atom. The molecular weight excluding hydrogens is 348 g/mol. The molecule has 0 spiro atoms. The molecule has 136 valence electrons. The fourth-order valence-corrected chi connectivity index (χ4v) is 3.04. The van der Waals surface area contributed by atoms with Crippen LogP contribution in [0.5, 0.6) is 5.75 Å². The lowest BCUT2D eigenvalue weighted by atomic mass is 10.1. The van der Waals surface area contributed by atoms with Gasteiger partial charge < -0.3 is 19.6 Å². The van der Waals surface area contributed by atoms with Gasteiger partial charge in [-0.25, -0.2) is 0 Å². The van der Waals surface area contributed by atoms with Crippen molar-refractivity contribution < 1.29 is 24.2 Å². The second-order valence-electron chi connectivity index (χ2n) is 5.98. The monoisotopic (exact) mass is 368 g/mol. The molecule has 0 bridgehead atoms. The van der Waals surface area contributed by atoms with Gasteiger partial charge in [-0.15, -0.1) is 0 Å². The average Bonchev–Trinajstić information content (AvgIpc) is 2.95. The first kappa shape index (κ1) is 19.1. The molecular formula is C17H21ClN2O5. The van der Waals surface area contributed by atoms with Crippen LogP contribution in [0.4, 0.5) is 5.69 Å². The molecule has 1 aromatic rings. The van der Waals surface area contributed by atoms with E-state index in [1.807, 2.05) is 0 Å². The van der Waals surface area contributed by atoms with E-state index in [-0.39, 0.29) is 31.2 Å². The number of anilines is 1. The second-order valence-corrected chi connectivity index (χ2v) is 6.42. The number of carboxylic acid groups (broad SMARTS) is 1. The zero-order chi connectivity index (χ0) is 18.6. The van der Waals surface area contributed by atoms with E-state index in [0.717, 1.165) is 0 Å². The number of carbonyl (C=O) groups excluding carboxylic acids is 2. The van der Waals surface area contributed by atoms with Gasteiger partial charge in [0.2, 0.25) is 11.8 Å². The van der Waals surface area contributed by atoms with Crippen LogP contribution in [0.25, 0.3) is 0 Å². The van der Waals surface area contributed by atoms with Gasteiger partial charge in [-0.3, -0.25) is 14.4 Å². The minimum atomic E-state index is -0.892. The lowest BCUT2D eigenvalue weighted by Gasteiger charge is -2.22. The molecule has 7 nitrogen and oxygen atoms in total. The van der Waals surface area contributed by atoms with Crippen molar-refractivity contribution in [3.8, 4) is 5.75 Å². The standard InChI is InChI=1S/C17H21ClN2O5/c1-19(7-3-4-16(22)23)17(24)11-8-15(21)20(10-11)13-9-12(18)5-6-14(13)25-2/h5-6,9,11H,3-4,7-8,10H2,1-2H3,(H,22,23). The first-order chi connectivity index (χ1) is 11.8. The van der Waals surface area contributed by atoms with Crippen LogP contribution in [0.1, 0.15) is 19.3 Å². The molecule has 2 rings (SSSR count). The third-order valence-corrected chi connectivity index (χ3v) is 4.40. The van der Waals surface area contributed by atoms with Crippen LogP contribution in [-0.2, 0) is 14.4 Å². The van der Waals surface area contributed by atoms with E-state index in [0.29, 0.717) is 29.4 Å². The number of hydrogen-bond acceptors (Lipinski definition) is 4. The number of aliphatic carboxylic acids is 1. The van der Waals surface area contributed by atoms with Crippen LogP contribution >= 0.6 is 11.6 Å². The number of ether oxygens (including phenoxy) is 1. The normalized spacial score (nSPS) is 16.8. The summed E-state index contributed by atoms with van der Waals surface area (Å²) < 4.78 is 5.28. The fourth-order valence-electron chi connectivity index (χ4n) is 2.87. The van der Waals surface area contributed by atoms with Crippen molar-refractivity contribution >= 4 is 35.1 Å². The molecule has 1 heterocycles. The number of methoxy groups -OCH3 is 1. The quantitative estimate of drug-likeness (QED) is 0.795. The van der Waals surface area contributed by atoms with E-state index in [1.54, 1.807) is 25.2 Å². The molecule has 25 heavy (non-hydrogen) atoms. The third-order valence-electron chi connectivity index (χ3n) is 4.17. The number of carbonyl (C=O) groups is 3. The molecule has 1 unspecified atom stereocenters. The molecule has 1 aliphatic rings. The highest BCUT2D eigenvalue weighted by molar-refractivity contribution is 6.31. The van der Waals surface area contributed by atoms with Crippen LogP contribution in [-0.4, -0.2) is 55.0 Å². The predicted molar refractivity (Wildman–Crippen MR) is 93.0 cm³/mol. The lowest BCUT2D eigenvalue weighted by molar-refractivity contribution is -0.138. The van der Waals surface area contributed by atoms with Gasteiger partial charge in [0.15, 0.2) is 0 Å². The van der Waals surface area contributed by atoms with Gasteiger partial charge in [-0.05, 0) is 24.6 Å². The highest BCUT2D eigenvalue weighted by atomic mass is 35.5. The Morgan fingerprint density at radius 3 is 2.80 bits per heavy atom. The van der Waals surface area contributed by atoms with Crippen LogP contribution < -0.4 is 9.64 Å². The van der Waals surface area contributed by atoms with Crippen molar-refractivity contribution in [1.29, 1.82) is 0 Å². The van der Waals surface area contributed by atoms with Crippen molar-refractivity contribution in [2.24, 2.45) is 5.92 Å². The molecule has 0 radical (unpaired) electrons. The Bertz CT molecular complexity index is 679. The predicted octanol–water partition coefficient (Wildman–Crippen LogP) is 2.02. The number of rotatable bonds is 7. The maximum Gasteiger partial charge on any atom is 0.303 e. The fraction of sp³-hybridized carbons (Fsp3) is 0.471. The summed E-state index contributed by atoms with van der Waals surface area (Å²) >= 11 is 6.02. The zero-order valence-corrected chi connectivity index (χ0v) is 15.0. The molecule has 0 aromatic heterocycles. The molecule has 1 saturated heterocycles. The summed E-state index contributed by atoms with van der Waals surface area (Å²) in [5, 5.41) is 9.14. The Labute approximate surface area is 151 Å². The smallest absolute Gasteiger partial charge is 0.303 e. The van der Waals surface area contributed by atoms with Crippen molar-refractivity contribution in [3.05, 3.63) is 23.2 Å². The summed E-state index contributed by atoms with van der Waals surface area (Å²) in [4.78, 5) is 38.4. The molecule has 0 aliphatic carbocycles. The summed E-state index contributed by atoms with van der Waals surface area (Å²) in [6.45, 7) is 0.591. The van der Waals surface area contributed by atoms with Gasteiger partial charge in [-0.2, -0.15) is 0 Å². The maximum atomic E-state index is 12.5. The number of benzene rings is 1. The van der Waals surface area contributed by atoms with Gasteiger partial charge in [0, 0.05) is 38.0 Å². The van der Waals surface area contributed by atoms with Crippen LogP contribution in [0.3, 0.4) is 0 Å². The van der Waals surface area contributed by atoms with Gasteiger partial charge in [-0.1, -0.05) is 11.6 Å². The first-order valence-corrected chi connectivity index (χ1v) is 8.32. The number of carboxylic acids is 1. The molecule has 1 aromatic carbocycles. The molecule has 1 N–H and O–H groups in total. The van der Waals surface area contributed by atoms with E-state index < -0.39 is 11.9 Å². The van der Waals surface area contributed by atoms with Gasteiger partial charge in [0.1, 0.15) is 5.75 Å². The summed E-state index contributed by atoms with van der Waals surface area (Å²) in [5.74, 6) is -1.18. The molecule has 0 saturated carbocycles. The molecule has 8 heteroatoms.